The first kappa shape index (κ1) is 17.8. The molecule has 2 aromatic carbocycles. The lowest BCUT2D eigenvalue weighted by Gasteiger charge is -2.15. The molecule has 0 fully saturated rings. The molecule has 5 heteroatoms. The van der Waals surface area contributed by atoms with Crippen LogP contribution in [0.1, 0.15) is 30.5 Å². The molecular weight excluding hydrogens is 309 g/mol. The number of hydrogen-bond donors (Lipinski definition) is 1. The van der Waals surface area contributed by atoms with E-state index in [1.165, 1.54) is 13.2 Å². The number of hydrogen-bond acceptors (Lipinski definition) is 3. The molecule has 1 N–H and O–H groups in total. The monoisotopic (exact) mass is 331 g/mol. The topological polar surface area (TPSA) is 47.6 Å². The fourth-order valence-electron chi connectivity index (χ4n) is 2.32. The SMILES string of the molecule is COc1ccc([C@H](C)NC(=O)CCOc2ccccc2C)cc1F. The van der Waals surface area contributed by atoms with Gasteiger partial charge in [-0.15, -0.1) is 0 Å². The van der Waals surface area contributed by atoms with Crippen LogP contribution in [0.3, 0.4) is 0 Å². The molecule has 0 aliphatic carbocycles. The first-order valence-electron chi connectivity index (χ1n) is 7.82. The maximum atomic E-state index is 13.7. The van der Waals surface area contributed by atoms with Crippen molar-refractivity contribution in [3.63, 3.8) is 0 Å². The van der Waals surface area contributed by atoms with Crippen molar-refractivity contribution in [3.8, 4) is 11.5 Å². The number of amides is 1. The highest BCUT2D eigenvalue weighted by Crippen LogP contribution is 2.22. The fraction of sp³-hybridized carbons (Fsp3) is 0.316. The normalized spacial score (nSPS) is 11.7. The molecule has 4 nitrogen and oxygen atoms in total. The summed E-state index contributed by atoms with van der Waals surface area (Å²) >= 11 is 0. The summed E-state index contributed by atoms with van der Waals surface area (Å²) in [6.45, 7) is 4.05. The number of carbonyl (C=O) groups is 1. The molecule has 1 atom stereocenters. The van der Waals surface area contributed by atoms with E-state index in [9.17, 15) is 9.18 Å². The average Bonchev–Trinajstić information content (AvgIpc) is 2.56. The highest BCUT2D eigenvalue weighted by molar-refractivity contribution is 5.76. The standard InChI is InChI=1S/C19H22FNO3/c1-13-6-4-5-7-17(13)24-11-10-19(22)21-14(2)15-8-9-18(23-3)16(20)12-15/h4-9,12,14H,10-11H2,1-3H3,(H,21,22)/t14-/m0/s1. The van der Waals surface area contributed by atoms with E-state index in [-0.39, 0.29) is 24.1 Å². The summed E-state index contributed by atoms with van der Waals surface area (Å²) in [6.07, 6.45) is 0.233. The Balaban J connectivity index is 1.83. The molecule has 24 heavy (non-hydrogen) atoms. The third kappa shape index (κ3) is 4.72. The van der Waals surface area contributed by atoms with Crippen molar-refractivity contribution in [1.29, 1.82) is 0 Å². The molecule has 0 aromatic heterocycles. The summed E-state index contributed by atoms with van der Waals surface area (Å²) in [5.74, 6) is 0.366. The van der Waals surface area contributed by atoms with Crippen LogP contribution in [-0.4, -0.2) is 19.6 Å². The lowest BCUT2D eigenvalue weighted by atomic mass is 10.1. The minimum atomic E-state index is -0.445. The van der Waals surface area contributed by atoms with E-state index in [4.69, 9.17) is 9.47 Å². The Bertz CT molecular complexity index is 703. The van der Waals surface area contributed by atoms with Crippen molar-refractivity contribution < 1.29 is 18.7 Å². The van der Waals surface area contributed by atoms with Crippen LogP contribution in [0.5, 0.6) is 11.5 Å². The maximum Gasteiger partial charge on any atom is 0.223 e. The average molecular weight is 331 g/mol. The summed E-state index contributed by atoms with van der Waals surface area (Å²) in [7, 11) is 1.41. The van der Waals surface area contributed by atoms with Crippen LogP contribution in [-0.2, 0) is 4.79 Å². The van der Waals surface area contributed by atoms with Crippen molar-refractivity contribution in [2.24, 2.45) is 0 Å². The van der Waals surface area contributed by atoms with Gasteiger partial charge in [0.05, 0.1) is 26.2 Å². The van der Waals surface area contributed by atoms with E-state index >= 15 is 0 Å². The van der Waals surface area contributed by atoms with Crippen molar-refractivity contribution in [3.05, 3.63) is 59.4 Å². The Kier molecular flexibility index (Phi) is 6.18. The van der Waals surface area contributed by atoms with E-state index in [1.54, 1.807) is 19.1 Å². The first-order chi connectivity index (χ1) is 11.5. The van der Waals surface area contributed by atoms with Crippen molar-refractivity contribution in [1.82, 2.24) is 5.32 Å². The van der Waals surface area contributed by atoms with Gasteiger partial charge in [-0.1, -0.05) is 24.3 Å². The van der Waals surface area contributed by atoms with Gasteiger partial charge in [-0.2, -0.15) is 0 Å². The number of carbonyl (C=O) groups excluding carboxylic acids is 1. The van der Waals surface area contributed by atoms with Gasteiger partial charge < -0.3 is 14.8 Å². The molecule has 2 rings (SSSR count). The van der Waals surface area contributed by atoms with Gasteiger partial charge in [-0.25, -0.2) is 4.39 Å². The number of rotatable bonds is 7. The minimum absolute atomic E-state index is 0.146. The Morgan fingerprint density at radius 1 is 1.21 bits per heavy atom. The molecule has 128 valence electrons. The Labute approximate surface area is 141 Å². The van der Waals surface area contributed by atoms with Crippen LogP contribution in [0.2, 0.25) is 0 Å². The molecule has 2 aromatic rings. The zero-order valence-electron chi connectivity index (χ0n) is 14.1. The molecule has 0 saturated carbocycles. The number of nitrogens with one attached hydrogen (secondary N) is 1. The molecule has 0 heterocycles. The van der Waals surface area contributed by atoms with Crippen LogP contribution < -0.4 is 14.8 Å². The van der Waals surface area contributed by atoms with Gasteiger partial charge in [0.1, 0.15) is 5.75 Å². The summed E-state index contributed by atoms with van der Waals surface area (Å²) in [5, 5.41) is 2.84. The van der Waals surface area contributed by atoms with E-state index in [2.05, 4.69) is 5.32 Å². The van der Waals surface area contributed by atoms with Gasteiger partial charge in [0.25, 0.3) is 0 Å². The molecule has 0 saturated heterocycles. The summed E-state index contributed by atoms with van der Waals surface area (Å²) in [5.41, 5.74) is 1.71. The molecule has 0 spiro atoms. The highest BCUT2D eigenvalue weighted by atomic mass is 19.1. The van der Waals surface area contributed by atoms with Gasteiger partial charge in [0.15, 0.2) is 11.6 Å². The molecular formula is C19H22FNO3. The second kappa shape index (κ2) is 8.34. The van der Waals surface area contributed by atoms with Gasteiger partial charge in [0.2, 0.25) is 5.91 Å². The van der Waals surface area contributed by atoms with Crippen LogP contribution in [0, 0.1) is 12.7 Å². The Morgan fingerprint density at radius 2 is 1.96 bits per heavy atom. The predicted octanol–water partition coefficient (Wildman–Crippen LogP) is 3.79. The molecule has 0 radical (unpaired) electrons. The van der Waals surface area contributed by atoms with Gasteiger partial charge in [-0.3, -0.25) is 4.79 Å². The largest absolute Gasteiger partial charge is 0.494 e. The quantitative estimate of drug-likeness (QED) is 0.840. The fourth-order valence-corrected chi connectivity index (χ4v) is 2.32. The zero-order valence-corrected chi connectivity index (χ0v) is 14.1. The van der Waals surface area contributed by atoms with Crippen LogP contribution in [0.15, 0.2) is 42.5 Å². The van der Waals surface area contributed by atoms with Gasteiger partial charge >= 0.3 is 0 Å². The van der Waals surface area contributed by atoms with E-state index in [0.717, 1.165) is 11.3 Å². The second-order valence-corrected chi connectivity index (χ2v) is 5.55. The lowest BCUT2D eigenvalue weighted by Crippen LogP contribution is -2.28. The van der Waals surface area contributed by atoms with E-state index in [0.29, 0.717) is 12.2 Å². The smallest absolute Gasteiger partial charge is 0.223 e. The highest BCUT2D eigenvalue weighted by Gasteiger charge is 2.12. The number of benzene rings is 2. The molecule has 0 aliphatic rings. The minimum Gasteiger partial charge on any atom is -0.494 e. The number of ether oxygens (including phenoxy) is 2. The molecule has 0 unspecified atom stereocenters. The summed E-state index contributed by atoms with van der Waals surface area (Å²) < 4.78 is 24.2. The lowest BCUT2D eigenvalue weighted by molar-refractivity contribution is -0.122. The molecule has 0 aliphatic heterocycles. The number of para-hydroxylation sites is 1. The Morgan fingerprint density at radius 3 is 2.62 bits per heavy atom. The molecule has 0 bridgehead atoms. The van der Waals surface area contributed by atoms with E-state index < -0.39 is 5.82 Å². The number of halogens is 1. The number of aryl methyl sites for hydroxylation is 1. The predicted molar refractivity (Wildman–Crippen MR) is 90.8 cm³/mol. The summed E-state index contributed by atoms with van der Waals surface area (Å²) in [6, 6.07) is 12.0. The third-order valence-corrected chi connectivity index (χ3v) is 3.73. The maximum absolute atomic E-state index is 13.7. The Hall–Kier alpha value is -2.56. The molecule has 1 amide bonds. The van der Waals surface area contributed by atoms with Crippen LogP contribution >= 0.6 is 0 Å². The van der Waals surface area contributed by atoms with Crippen molar-refractivity contribution in [2.75, 3.05) is 13.7 Å². The van der Waals surface area contributed by atoms with Crippen molar-refractivity contribution in [2.45, 2.75) is 26.3 Å². The van der Waals surface area contributed by atoms with Gasteiger partial charge in [-0.05, 0) is 43.2 Å². The second-order valence-electron chi connectivity index (χ2n) is 5.55. The van der Waals surface area contributed by atoms with Gasteiger partial charge in [0, 0.05) is 0 Å². The summed E-state index contributed by atoms with van der Waals surface area (Å²) in [4.78, 5) is 12.0. The third-order valence-electron chi connectivity index (χ3n) is 3.73. The first-order valence-corrected chi connectivity index (χ1v) is 7.82. The van der Waals surface area contributed by atoms with Crippen LogP contribution in [0.25, 0.3) is 0 Å². The number of methoxy groups -OCH3 is 1. The van der Waals surface area contributed by atoms with E-state index in [1.807, 2.05) is 31.2 Å². The zero-order chi connectivity index (χ0) is 17.5. The van der Waals surface area contributed by atoms with Crippen LogP contribution in [0.4, 0.5) is 4.39 Å². The van der Waals surface area contributed by atoms with Crippen molar-refractivity contribution >= 4 is 5.91 Å².